The Morgan fingerprint density at radius 3 is 1.84 bits per heavy atom. The first-order valence-electron chi connectivity index (χ1n) is 8.44. The first kappa shape index (κ1) is 14.1. The minimum atomic E-state index is 0.771. The van der Waals surface area contributed by atoms with Gasteiger partial charge in [-0.05, 0) is 23.1 Å². The number of hydrogen-bond donors (Lipinski definition) is 0. The van der Waals surface area contributed by atoms with Gasteiger partial charge in [0, 0.05) is 22.5 Å². The molecule has 0 N–H and O–H groups in total. The molecule has 4 aromatic carbocycles. The van der Waals surface area contributed by atoms with E-state index < -0.39 is 0 Å². The van der Waals surface area contributed by atoms with Crippen molar-refractivity contribution >= 4 is 32.4 Å². The van der Waals surface area contributed by atoms with Gasteiger partial charge in [0.1, 0.15) is 0 Å². The predicted octanol–water partition coefficient (Wildman–Crippen LogP) is 5.91. The van der Waals surface area contributed by atoms with Crippen LogP contribution in [-0.2, 0) is 0 Å². The Morgan fingerprint density at radius 2 is 1.16 bits per heavy atom. The maximum Gasteiger partial charge on any atom is 0.159 e. The topological polar surface area (TPSA) is 25.8 Å². The molecule has 0 radical (unpaired) electrons. The van der Waals surface area contributed by atoms with Crippen molar-refractivity contribution in [1.82, 2.24) is 9.97 Å². The standard InChI is InChI=1S/C23H16N2/c1-15-10-12-16(13-11-15)23-24-14-21-19-8-3-2-6-17(19)18-7-4-5-9-20(18)22(21)25-23/h2-14H,1H3. The normalized spacial score (nSPS) is 11.4. The maximum absolute atomic E-state index is 4.94. The van der Waals surface area contributed by atoms with Gasteiger partial charge in [-0.3, -0.25) is 0 Å². The summed E-state index contributed by atoms with van der Waals surface area (Å²) < 4.78 is 0. The van der Waals surface area contributed by atoms with Gasteiger partial charge < -0.3 is 0 Å². The van der Waals surface area contributed by atoms with Crippen LogP contribution in [0.4, 0.5) is 0 Å². The van der Waals surface area contributed by atoms with Gasteiger partial charge in [0.2, 0.25) is 0 Å². The minimum Gasteiger partial charge on any atom is -0.236 e. The molecular weight excluding hydrogens is 304 g/mol. The third-order valence-corrected chi connectivity index (χ3v) is 4.79. The van der Waals surface area contributed by atoms with Gasteiger partial charge in [0.25, 0.3) is 0 Å². The molecule has 0 saturated carbocycles. The molecule has 0 aliphatic heterocycles. The lowest BCUT2D eigenvalue weighted by atomic mass is 9.98. The number of hydrogen-bond acceptors (Lipinski definition) is 2. The summed E-state index contributed by atoms with van der Waals surface area (Å²) in [6.07, 6.45) is 1.96. The van der Waals surface area contributed by atoms with Crippen molar-refractivity contribution in [1.29, 1.82) is 0 Å². The summed E-state index contributed by atoms with van der Waals surface area (Å²) in [5.41, 5.74) is 3.30. The van der Waals surface area contributed by atoms with Crippen LogP contribution in [0.25, 0.3) is 43.8 Å². The largest absolute Gasteiger partial charge is 0.236 e. The summed E-state index contributed by atoms with van der Waals surface area (Å²) in [5, 5.41) is 5.96. The Morgan fingerprint density at radius 1 is 0.600 bits per heavy atom. The quantitative estimate of drug-likeness (QED) is 0.359. The lowest BCUT2D eigenvalue weighted by Crippen LogP contribution is -1.92. The molecule has 0 aliphatic carbocycles. The highest BCUT2D eigenvalue weighted by atomic mass is 14.9. The van der Waals surface area contributed by atoms with Crippen molar-refractivity contribution < 1.29 is 0 Å². The minimum absolute atomic E-state index is 0.771. The Labute approximate surface area is 145 Å². The van der Waals surface area contributed by atoms with Gasteiger partial charge in [-0.2, -0.15) is 0 Å². The van der Waals surface area contributed by atoms with Gasteiger partial charge in [0.15, 0.2) is 5.82 Å². The highest BCUT2D eigenvalue weighted by Gasteiger charge is 2.11. The summed E-state index contributed by atoms with van der Waals surface area (Å²) in [7, 11) is 0. The van der Waals surface area contributed by atoms with E-state index in [4.69, 9.17) is 4.98 Å². The van der Waals surface area contributed by atoms with Gasteiger partial charge >= 0.3 is 0 Å². The van der Waals surface area contributed by atoms with Crippen LogP contribution in [0, 0.1) is 6.92 Å². The Kier molecular flexibility index (Phi) is 3.04. The van der Waals surface area contributed by atoms with Crippen LogP contribution in [0.1, 0.15) is 5.56 Å². The van der Waals surface area contributed by atoms with E-state index >= 15 is 0 Å². The van der Waals surface area contributed by atoms with Crippen molar-refractivity contribution in [2.24, 2.45) is 0 Å². The molecule has 0 atom stereocenters. The third-order valence-electron chi connectivity index (χ3n) is 4.79. The van der Waals surface area contributed by atoms with Crippen LogP contribution in [0.2, 0.25) is 0 Å². The zero-order valence-electron chi connectivity index (χ0n) is 13.9. The average molecular weight is 320 g/mol. The number of rotatable bonds is 1. The van der Waals surface area contributed by atoms with Crippen LogP contribution >= 0.6 is 0 Å². The molecule has 118 valence electrons. The van der Waals surface area contributed by atoms with Crippen LogP contribution in [0.3, 0.4) is 0 Å². The molecule has 5 aromatic rings. The Hall–Kier alpha value is -3.26. The number of fused-ring (bicyclic) bond motifs is 6. The van der Waals surface area contributed by atoms with E-state index in [1.54, 1.807) is 0 Å². The van der Waals surface area contributed by atoms with E-state index in [0.29, 0.717) is 0 Å². The van der Waals surface area contributed by atoms with Gasteiger partial charge in [0.05, 0.1) is 5.52 Å². The summed E-state index contributed by atoms with van der Waals surface area (Å²) in [6, 6.07) is 25.3. The number of benzene rings is 4. The van der Waals surface area contributed by atoms with Crippen molar-refractivity contribution in [3.05, 3.63) is 84.6 Å². The van der Waals surface area contributed by atoms with Gasteiger partial charge in [-0.15, -0.1) is 0 Å². The maximum atomic E-state index is 4.94. The van der Waals surface area contributed by atoms with Crippen molar-refractivity contribution in [3.63, 3.8) is 0 Å². The Balaban J connectivity index is 1.91. The second-order valence-corrected chi connectivity index (χ2v) is 6.41. The number of aryl methyl sites for hydroxylation is 1. The fourth-order valence-electron chi connectivity index (χ4n) is 3.50. The first-order chi connectivity index (χ1) is 12.3. The number of aromatic nitrogens is 2. The van der Waals surface area contributed by atoms with E-state index in [-0.39, 0.29) is 0 Å². The highest BCUT2D eigenvalue weighted by molar-refractivity contribution is 6.24. The van der Waals surface area contributed by atoms with E-state index in [2.05, 4.69) is 84.7 Å². The van der Waals surface area contributed by atoms with Crippen LogP contribution in [0.15, 0.2) is 79.0 Å². The molecule has 0 bridgehead atoms. The highest BCUT2D eigenvalue weighted by Crippen LogP contribution is 2.34. The molecule has 0 spiro atoms. The van der Waals surface area contributed by atoms with Gasteiger partial charge in [-0.25, -0.2) is 9.97 Å². The molecule has 0 amide bonds. The van der Waals surface area contributed by atoms with Crippen LogP contribution in [0.5, 0.6) is 0 Å². The molecule has 1 heterocycles. The molecule has 0 saturated heterocycles. The van der Waals surface area contributed by atoms with E-state index in [1.807, 2.05) is 6.20 Å². The fourth-order valence-corrected chi connectivity index (χ4v) is 3.50. The fraction of sp³-hybridized carbons (Fsp3) is 0.0435. The predicted molar refractivity (Wildman–Crippen MR) is 105 cm³/mol. The van der Waals surface area contributed by atoms with Crippen molar-refractivity contribution in [3.8, 4) is 11.4 Å². The van der Waals surface area contributed by atoms with E-state index in [9.17, 15) is 0 Å². The van der Waals surface area contributed by atoms with Crippen LogP contribution < -0.4 is 0 Å². The number of nitrogens with zero attached hydrogens (tertiary/aromatic N) is 2. The molecule has 5 rings (SSSR count). The molecule has 1 aromatic heterocycles. The molecule has 2 heteroatoms. The average Bonchev–Trinajstić information content (AvgIpc) is 2.68. The zero-order valence-corrected chi connectivity index (χ0v) is 13.9. The summed E-state index contributed by atoms with van der Waals surface area (Å²) in [5.74, 6) is 0.771. The van der Waals surface area contributed by atoms with Crippen molar-refractivity contribution in [2.75, 3.05) is 0 Å². The molecule has 2 nitrogen and oxygen atoms in total. The Bertz CT molecular complexity index is 1200. The SMILES string of the molecule is Cc1ccc(-c2ncc3c4ccccc4c4ccccc4c3n2)cc1. The summed E-state index contributed by atoms with van der Waals surface area (Å²) >= 11 is 0. The molecule has 0 unspecified atom stereocenters. The monoisotopic (exact) mass is 320 g/mol. The van der Waals surface area contributed by atoms with Gasteiger partial charge in [-0.1, -0.05) is 78.4 Å². The first-order valence-corrected chi connectivity index (χ1v) is 8.44. The summed E-state index contributed by atoms with van der Waals surface area (Å²) in [6.45, 7) is 2.09. The lowest BCUT2D eigenvalue weighted by Gasteiger charge is -2.10. The van der Waals surface area contributed by atoms with Crippen molar-refractivity contribution in [2.45, 2.75) is 6.92 Å². The smallest absolute Gasteiger partial charge is 0.159 e. The molecule has 0 fully saturated rings. The molecule has 25 heavy (non-hydrogen) atoms. The van der Waals surface area contributed by atoms with E-state index in [0.717, 1.165) is 22.3 Å². The van der Waals surface area contributed by atoms with Crippen LogP contribution in [-0.4, -0.2) is 9.97 Å². The second-order valence-electron chi connectivity index (χ2n) is 6.41. The zero-order chi connectivity index (χ0) is 16.8. The molecule has 0 aliphatic rings. The summed E-state index contributed by atoms with van der Waals surface area (Å²) in [4.78, 5) is 9.59. The van der Waals surface area contributed by atoms with E-state index in [1.165, 1.54) is 27.1 Å². The third kappa shape index (κ3) is 2.18. The lowest BCUT2D eigenvalue weighted by molar-refractivity contribution is 1.23. The second kappa shape index (κ2) is 5.38. The molecular formula is C23H16N2.